The average molecular weight is 272 g/mol. The third-order valence-corrected chi connectivity index (χ3v) is 3.50. The number of carbonyl (C=O) groups is 1. The van der Waals surface area contributed by atoms with Crippen molar-refractivity contribution < 1.29 is 18.3 Å². The second-order valence-corrected chi connectivity index (χ2v) is 5.72. The number of rotatable bonds is 5. The van der Waals surface area contributed by atoms with E-state index in [4.69, 9.17) is 10.2 Å². The van der Waals surface area contributed by atoms with Crippen molar-refractivity contribution in [2.75, 3.05) is 18.5 Å². The fourth-order valence-electron chi connectivity index (χ4n) is 1.48. The minimum atomic E-state index is -3.69. The molecular formula is C11H16N2O4S. The number of nitrogens with two attached hydrogens (primary N) is 1. The largest absolute Gasteiger partial charge is 0.481 e. The summed E-state index contributed by atoms with van der Waals surface area (Å²) in [4.78, 5) is 12.5. The van der Waals surface area contributed by atoms with E-state index in [0.29, 0.717) is 6.54 Å². The summed E-state index contributed by atoms with van der Waals surface area (Å²) >= 11 is 0. The zero-order chi connectivity index (χ0) is 13.9. The van der Waals surface area contributed by atoms with Gasteiger partial charge in [-0.25, -0.2) is 13.6 Å². The molecule has 1 atom stereocenters. The first kappa shape index (κ1) is 14.5. The summed E-state index contributed by atoms with van der Waals surface area (Å²) in [5, 5.41) is 13.8. The molecule has 1 aromatic rings. The van der Waals surface area contributed by atoms with Gasteiger partial charge in [0.05, 0.1) is 10.8 Å². The van der Waals surface area contributed by atoms with Gasteiger partial charge < -0.3 is 10.0 Å². The SMILES string of the molecule is CC(CN(C)c1ccc(S(N)(=O)=O)cc1)C(=O)O. The van der Waals surface area contributed by atoms with E-state index in [-0.39, 0.29) is 4.90 Å². The van der Waals surface area contributed by atoms with Crippen LogP contribution in [-0.4, -0.2) is 33.1 Å². The summed E-state index contributed by atoms with van der Waals surface area (Å²) in [5.41, 5.74) is 0.732. The van der Waals surface area contributed by atoms with Crippen LogP contribution in [0.25, 0.3) is 0 Å². The van der Waals surface area contributed by atoms with Crippen molar-refractivity contribution in [2.45, 2.75) is 11.8 Å². The van der Waals surface area contributed by atoms with Gasteiger partial charge in [0.1, 0.15) is 0 Å². The Morgan fingerprint density at radius 2 is 1.89 bits per heavy atom. The maximum atomic E-state index is 11.1. The molecule has 0 spiro atoms. The number of carboxylic acids is 1. The molecule has 1 rings (SSSR count). The Morgan fingerprint density at radius 3 is 2.28 bits per heavy atom. The molecule has 7 heteroatoms. The maximum Gasteiger partial charge on any atom is 0.308 e. The number of benzene rings is 1. The highest BCUT2D eigenvalue weighted by molar-refractivity contribution is 7.89. The van der Waals surface area contributed by atoms with E-state index in [2.05, 4.69) is 0 Å². The Morgan fingerprint density at radius 1 is 1.39 bits per heavy atom. The minimum absolute atomic E-state index is 0.0333. The first-order valence-corrected chi connectivity index (χ1v) is 6.83. The van der Waals surface area contributed by atoms with Crippen LogP contribution in [-0.2, 0) is 14.8 Å². The second-order valence-electron chi connectivity index (χ2n) is 4.16. The van der Waals surface area contributed by atoms with Crippen LogP contribution in [0.5, 0.6) is 0 Å². The Kier molecular flexibility index (Phi) is 4.31. The topological polar surface area (TPSA) is 101 Å². The van der Waals surface area contributed by atoms with Gasteiger partial charge in [0.15, 0.2) is 0 Å². The van der Waals surface area contributed by atoms with E-state index in [1.165, 1.54) is 12.1 Å². The summed E-state index contributed by atoms with van der Waals surface area (Å²) in [6.45, 7) is 1.95. The lowest BCUT2D eigenvalue weighted by Gasteiger charge is -2.21. The monoisotopic (exact) mass is 272 g/mol. The zero-order valence-corrected chi connectivity index (χ0v) is 11.0. The van der Waals surface area contributed by atoms with Crippen LogP contribution in [0.4, 0.5) is 5.69 Å². The van der Waals surface area contributed by atoms with Crippen LogP contribution in [0.1, 0.15) is 6.92 Å². The quantitative estimate of drug-likeness (QED) is 0.812. The molecule has 3 N–H and O–H groups in total. The van der Waals surface area contributed by atoms with Crippen LogP contribution in [0.2, 0.25) is 0 Å². The molecule has 0 aliphatic rings. The Labute approximate surface area is 106 Å². The lowest BCUT2D eigenvalue weighted by Crippen LogP contribution is -2.28. The average Bonchev–Trinajstić information content (AvgIpc) is 2.27. The molecule has 1 unspecified atom stereocenters. The zero-order valence-electron chi connectivity index (χ0n) is 10.2. The molecule has 0 amide bonds. The molecule has 0 saturated carbocycles. The molecule has 0 saturated heterocycles. The van der Waals surface area contributed by atoms with Gasteiger partial charge in [-0.3, -0.25) is 4.79 Å². The summed E-state index contributed by atoms with van der Waals surface area (Å²) in [7, 11) is -1.95. The van der Waals surface area contributed by atoms with E-state index < -0.39 is 21.9 Å². The summed E-state index contributed by atoms with van der Waals surface area (Å²) in [6.07, 6.45) is 0. The Bertz CT molecular complexity index is 524. The molecule has 0 radical (unpaired) electrons. The molecule has 0 heterocycles. The van der Waals surface area contributed by atoms with Crippen LogP contribution in [0, 0.1) is 5.92 Å². The minimum Gasteiger partial charge on any atom is -0.481 e. The molecule has 0 aliphatic heterocycles. The number of primary sulfonamides is 1. The van der Waals surface area contributed by atoms with Crippen molar-refractivity contribution in [1.29, 1.82) is 0 Å². The van der Waals surface area contributed by atoms with Crippen LogP contribution in [0.3, 0.4) is 0 Å². The predicted octanol–water partition coefficient (Wildman–Crippen LogP) is 0.491. The number of nitrogens with zero attached hydrogens (tertiary/aromatic N) is 1. The smallest absolute Gasteiger partial charge is 0.308 e. The molecule has 6 nitrogen and oxygen atoms in total. The predicted molar refractivity (Wildman–Crippen MR) is 67.9 cm³/mol. The van der Waals surface area contributed by atoms with E-state index in [1.807, 2.05) is 0 Å². The molecule has 0 fully saturated rings. The molecule has 18 heavy (non-hydrogen) atoms. The summed E-state index contributed by atoms with van der Waals surface area (Å²) in [6, 6.07) is 5.97. The number of hydrogen-bond donors (Lipinski definition) is 2. The van der Waals surface area contributed by atoms with E-state index in [9.17, 15) is 13.2 Å². The molecule has 0 aliphatic carbocycles. The van der Waals surface area contributed by atoms with Gasteiger partial charge in [-0.1, -0.05) is 6.92 Å². The van der Waals surface area contributed by atoms with Crippen molar-refractivity contribution in [1.82, 2.24) is 0 Å². The van der Waals surface area contributed by atoms with Gasteiger partial charge in [-0.2, -0.15) is 0 Å². The maximum absolute atomic E-state index is 11.1. The lowest BCUT2D eigenvalue weighted by atomic mass is 10.1. The van der Waals surface area contributed by atoms with E-state index in [0.717, 1.165) is 5.69 Å². The van der Waals surface area contributed by atoms with Gasteiger partial charge in [-0.05, 0) is 24.3 Å². The fraction of sp³-hybridized carbons (Fsp3) is 0.364. The highest BCUT2D eigenvalue weighted by Crippen LogP contribution is 2.17. The molecule has 0 aromatic heterocycles. The number of anilines is 1. The van der Waals surface area contributed by atoms with E-state index in [1.54, 1.807) is 31.0 Å². The number of sulfonamides is 1. The third kappa shape index (κ3) is 3.71. The van der Waals surface area contributed by atoms with Gasteiger partial charge in [-0.15, -0.1) is 0 Å². The molecule has 1 aromatic carbocycles. The number of carboxylic acid groups (broad SMARTS) is 1. The van der Waals surface area contributed by atoms with Gasteiger partial charge >= 0.3 is 5.97 Å². The van der Waals surface area contributed by atoms with Crippen molar-refractivity contribution in [2.24, 2.45) is 11.1 Å². The van der Waals surface area contributed by atoms with Crippen LogP contribution < -0.4 is 10.0 Å². The van der Waals surface area contributed by atoms with Crippen LogP contribution in [0.15, 0.2) is 29.2 Å². The first-order valence-electron chi connectivity index (χ1n) is 5.28. The lowest BCUT2D eigenvalue weighted by molar-refractivity contribution is -0.140. The Hall–Kier alpha value is -1.60. The van der Waals surface area contributed by atoms with Crippen molar-refractivity contribution in [3.63, 3.8) is 0 Å². The summed E-state index contributed by atoms with van der Waals surface area (Å²) in [5.74, 6) is -1.38. The second kappa shape index (κ2) is 5.36. The molecule has 100 valence electrons. The standard InChI is InChI=1S/C11H16N2O4S/c1-8(11(14)15)7-13(2)9-3-5-10(6-4-9)18(12,16)17/h3-6,8H,7H2,1-2H3,(H,14,15)(H2,12,16,17). The molecular weight excluding hydrogens is 256 g/mol. The normalized spacial score (nSPS) is 13.1. The van der Waals surface area contributed by atoms with Crippen molar-refractivity contribution in [3.05, 3.63) is 24.3 Å². The van der Waals surface area contributed by atoms with Gasteiger partial charge in [0, 0.05) is 19.3 Å². The number of aliphatic carboxylic acids is 1. The first-order chi connectivity index (χ1) is 8.21. The number of hydrogen-bond acceptors (Lipinski definition) is 4. The highest BCUT2D eigenvalue weighted by atomic mass is 32.2. The van der Waals surface area contributed by atoms with Crippen molar-refractivity contribution >= 4 is 21.7 Å². The van der Waals surface area contributed by atoms with Gasteiger partial charge in [0.2, 0.25) is 10.0 Å². The summed E-state index contributed by atoms with van der Waals surface area (Å²) < 4.78 is 22.1. The fourth-order valence-corrected chi connectivity index (χ4v) is 2.00. The highest BCUT2D eigenvalue weighted by Gasteiger charge is 2.14. The molecule has 0 bridgehead atoms. The third-order valence-electron chi connectivity index (χ3n) is 2.58. The van der Waals surface area contributed by atoms with Gasteiger partial charge in [0.25, 0.3) is 0 Å². The van der Waals surface area contributed by atoms with Crippen LogP contribution >= 0.6 is 0 Å². The Balaban J connectivity index is 2.83. The van der Waals surface area contributed by atoms with Crippen molar-refractivity contribution in [3.8, 4) is 0 Å². The van der Waals surface area contributed by atoms with E-state index >= 15 is 0 Å².